The highest BCUT2D eigenvalue weighted by atomic mass is 16.3. The summed E-state index contributed by atoms with van der Waals surface area (Å²) in [5.41, 5.74) is -0.276. The molecule has 3 aliphatic carbocycles. The van der Waals surface area contributed by atoms with Crippen LogP contribution in [0.2, 0.25) is 0 Å². The Labute approximate surface area is 86.2 Å². The van der Waals surface area contributed by atoms with Gasteiger partial charge >= 0.3 is 0 Å². The zero-order valence-electron chi connectivity index (χ0n) is 9.16. The topological polar surface area (TPSA) is 20.2 Å². The predicted molar refractivity (Wildman–Crippen MR) is 56.8 cm³/mol. The van der Waals surface area contributed by atoms with E-state index in [4.69, 9.17) is 0 Å². The van der Waals surface area contributed by atoms with E-state index in [0.29, 0.717) is 17.8 Å². The molecule has 0 radical (unpaired) electrons. The molecule has 0 heterocycles. The van der Waals surface area contributed by atoms with Gasteiger partial charge in [0.1, 0.15) is 0 Å². The molecule has 0 spiro atoms. The molecular weight excluding hydrogens is 172 g/mol. The molecule has 0 aliphatic heterocycles. The lowest BCUT2D eigenvalue weighted by molar-refractivity contribution is -0.183. The first kappa shape index (κ1) is 8.96. The van der Waals surface area contributed by atoms with Crippen molar-refractivity contribution in [2.75, 3.05) is 0 Å². The zero-order valence-corrected chi connectivity index (χ0v) is 9.16. The third kappa shape index (κ3) is 0.809. The summed E-state index contributed by atoms with van der Waals surface area (Å²) in [4.78, 5) is 0. The molecule has 78 valence electrons. The minimum atomic E-state index is -0.428. The summed E-state index contributed by atoms with van der Waals surface area (Å²) in [5.74, 6) is 1.83. The van der Waals surface area contributed by atoms with E-state index < -0.39 is 5.60 Å². The van der Waals surface area contributed by atoms with E-state index in [0.717, 1.165) is 0 Å². The third-order valence-electron chi connectivity index (χ3n) is 5.54. The maximum atomic E-state index is 10.8. The zero-order chi connectivity index (χ0) is 9.97. The van der Waals surface area contributed by atoms with Crippen LogP contribution in [0, 0.1) is 23.2 Å². The second-order valence-electron chi connectivity index (χ2n) is 5.95. The molecule has 14 heavy (non-hydrogen) atoms. The first-order valence-electron chi connectivity index (χ1n) is 5.96. The van der Waals surface area contributed by atoms with Crippen molar-refractivity contribution in [1.82, 2.24) is 0 Å². The van der Waals surface area contributed by atoms with Crippen molar-refractivity contribution in [2.24, 2.45) is 23.2 Å². The van der Waals surface area contributed by atoms with Crippen LogP contribution in [0.4, 0.5) is 0 Å². The van der Waals surface area contributed by atoms with Crippen LogP contribution in [0.5, 0.6) is 0 Å². The molecule has 0 aromatic carbocycles. The highest BCUT2D eigenvalue weighted by Gasteiger charge is 2.60. The first-order valence-corrected chi connectivity index (χ1v) is 5.96. The quantitative estimate of drug-likeness (QED) is 0.585. The van der Waals surface area contributed by atoms with E-state index >= 15 is 0 Å². The van der Waals surface area contributed by atoms with Crippen LogP contribution in [-0.2, 0) is 0 Å². The molecule has 1 unspecified atom stereocenters. The first-order chi connectivity index (χ1) is 6.56. The average molecular weight is 192 g/mol. The van der Waals surface area contributed by atoms with Gasteiger partial charge < -0.3 is 5.11 Å². The molecular formula is C13H20O. The lowest BCUT2D eigenvalue weighted by Crippen LogP contribution is -2.59. The number of hydrogen-bond donors (Lipinski definition) is 1. The van der Waals surface area contributed by atoms with Gasteiger partial charge in [0, 0.05) is 5.41 Å². The van der Waals surface area contributed by atoms with Gasteiger partial charge in [-0.05, 0) is 43.9 Å². The van der Waals surface area contributed by atoms with Crippen molar-refractivity contribution in [3.8, 4) is 0 Å². The normalized spacial score (nSPS) is 60.4. The molecule has 0 aromatic heterocycles. The maximum Gasteiger partial charge on any atom is 0.0712 e. The number of allylic oxidation sites excluding steroid dienone is 2. The smallest absolute Gasteiger partial charge is 0.0712 e. The van der Waals surface area contributed by atoms with E-state index in [1.807, 2.05) is 0 Å². The van der Waals surface area contributed by atoms with Gasteiger partial charge in [0.05, 0.1) is 5.60 Å². The van der Waals surface area contributed by atoms with E-state index in [9.17, 15) is 5.11 Å². The van der Waals surface area contributed by atoms with Gasteiger partial charge in [-0.15, -0.1) is 0 Å². The standard InChI is InChI=1S/C13H20O/c1-12-7-3-4-11(13(12,2)14)9-5-6-10(12)8-9/h5-6,9-11,14H,3-4,7-8H2,1-2H3/t9-,10+,11-,12-,13?/m1/s1. The molecule has 3 rings (SSSR count). The number of aliphatic hydroxyl groups is 1. The summed E-state index contributed by atoms with van der Waals surface area (Å²) in [6.07, 6.45) is 9.80. The van der Waals surface area contributed by atoms with Gasteiger partial charge in [-0.1, -0.05) is 25.5 Å². The van der Waals surface area contributed by atoms with Crippen LogP contribution in [-0.4, -0.2) is 10.7 Å². The van der Waals surface area contributed by atoms with Crippen LogP contribution in [0.25, 0.3) is 0 Å². The van der Waals surface area contributed by atoms with Crippen molar-refractivity contribution in [2.45, 2.75) is 45.1 Å². The summed E-state index contributed by atoms with van der Waals surface area (Å²) < 4.78 is 0. The molecule has 1 heteroatoms. The van der Waals surface area contributed by atoms with E-state index in [-0.39, 0.29) is 5.41 Å². The molecule has 0 amide bonds. The third-order valence-corrected chi connectivity index (χ3v) is 5.54. The second kappa shape index (κ2) is 2.44. The minimum Gasteiger partial charge on any atom is -0.389 e. The fraction of sp³-hybridized carbons (Fsp3) is 0.846. The van der Waals surface area contributed by atoms with Crippen LogP contribution < -0.4 is 0 Å². The molecule has 0 saturated heterocycles. The molecule has 0 aromatic rings. The van der Waals surface area contributed by atoms with Crippen molar-refractivity contribution in [1.29, 1.82) is 0 Å². The fourth-order valence-electron chi connectivity index (χ4n) is 4.34. The summed E-state index contributed by atoms with van der Waals surface area (Å²) in [6, 6.07) is 0. The molecule has 1 nitrogen and oxygen atoms in total. The number of fused-ring (bicyclic) bond motifs is 6. The predicted octanol–water partition coefficient (Wildman–Crippen LogP) is 2.75. The van der Waals surface area contributed by atoms with Crippen LogP contribution in [0.1, 0.15) is 39.5 Å². The average Bonchev–Trinajstić information content (AvgIpc) is 2.55. The SMILES string of the molecule is CC1(O)[C@@H]2CCC[C@]1(C)[C@H]1C=C[C@@H]2C1. The van der Waals surface area contributed by atoms with Gasteiger partial charge in [0.25, 0.3) is 0 Å². The Morgan fingerprint density at radius 2 is 2.07 bits per heavy atom. The Morgan fingerprint density at radius 3 is 2.86 bits per heavy atom. The van der Waals surface area contributed by atoms with Gasteiger partial charge in [-0.2, -0.15) is 0 Å². The Hall–Kier alpha value is -0.300. The molecule has 5 atom stereocenters. The molecule has 2 fully saturated rings. The highest BCUT2D eigenvalue weighted by Crippen LogP contribution is 2.62. The van der Waals surface area contributed by atoms with Gasteiger partial charge in [-0.3, -0.25) is 0 Å². The summed E-state index contributed by atoms with van der Waals surface area (Å²) >= 11 is 0. The largest absolute Gasteiger partial charge is 0.389 e. The van der Waals surface area contributed by atoms with Crippen molar-refractivity contribution in [3.63, 3.8) is 0 Å². The lowest BCUT2D eigenvalue weighted by Gasteiger charge is -2.58. The van der Waals surface area contributed by atoms with Gasteiger partial charge in [0.2, 0.25) is 0 Å². The molecule has 2 saturated carbocycles. The monoisotopic (exact) mass is 192 g/mol. The highest BCUT2D eigenvalue weighted by molar-refractivity contribution is 5.21. The Morgan fingerprint density at radius 1 is 1.29 bits per heavy atom. The maximum absolute atomic E-state index is 10.8. The number of hydrogen-bond acceptors (Lipinski definition) is 1. The van der Waals surface area contributed by atoms with Gasteiger partial charge in [-0.25, -0.2) is 0 Å². The Bertz CT molecular complexity index is 292. The van der Waals surface area contributed by atoms with E-state index in [1.165, 1.54) is 25.7 Å². The van der Waals surface area contributed by atoms with Crippen LogP contribution in [0.15, 0.2) is 12.2 Å². The lowest BCUT2D eigenvalue weighted by atomic mass is 9.49. The Balaban J connectivity index is 2.11. The summed E-state index contributed by atoms with van der Waals surface area (Å²) in [7, 11) is 0. The second-order valence-corrected chi connectivity index (χ2v) is 5.95. The van der Waals surface area contributed by atoms with Crippen LogP contribution in [0.3, 0.4) is 0 Å². The van der Waals surface area contributed by atoms with Crippen molar-refractivity contribution < 1.29 is 5.11 Å². The molecule has 1 N–H and O–H groups in total. The summed E-state index contributed by atoms with van der Waals surface area (Å²) in [5, 5.41) is 10.8. The fourth-order valence-corrected chi connectivity index (χ4v) is 4.34. The number of rotatable bonds is 0. The van der Waals surface area contributed by atoms with Crippen molar-refractivity contribution >= 4 is 0 Å². The minimum absolute atomic E-state index is 0.152. The molecule has 4 bridgehead atoms. The summed E-state index contributed by atoms with van der Waals surface area (Å²) in [6.45, 7) is 4.39. The van der Waals surface area contributed by atoms with Crippen molar-refractivity contribution in [3.05, 3.63) is 12.2 Å². The van der Waals surface area contributed by atoms with Crippen LogP contribution >= 0.6 is 0 Å². The Kier molecular flexibility index (Phi) is 1.56. The van der Waals surface area contributed by atoms with E-state index in [1.54, 1.807) is 0 Å². The molecule has 3 aliphatic rings. The van der Waals surface area contributed by atoms with E-state index in [2.05, 4.69) is 26.0 Å². The van der Waals surface area contributed by atoms with Gasteiger partial charge in [0.15, 0.2) is 0 Å².